The number of rotatable bonds is 8. The Balaban J connectivity index is 4.02. The van der Waals surface area contributed by atoms with Crippen LogP contribution in [0.25, 0.3) is 0 Å². The predicted molar refractivity (Wildman–Crippen MR) is 69.9 cm³/mol. The molecule has 0 aromatic carbocycles. The molecule has 1 unspecified atom stereocenters. The van der Waals surface area contributed by atoms with Gasteiger partial charge in [0.15, 0.2) is 0 Å². The van der Waals surface area contributed by atoms with Gasteiger partial charge in [0.25, 0.3) is 0 Å². The molecule has 0 aliphatic carbocycles. The lowest BCUT2D eigenvalue weighted by atomic mass is 10.2. The number of carbonyl (C=O) groups excluding carboxylic acids is 1. The van der Waals surface area contributed by atoms with Crippen LogP contribution in [0.2, 0.25) is 0 Å². The first-order valence-electron chi connectivity index (χ1n) is 5.64. The van der Waals surface area contributed by atoms with Crippen LogP contribution in [0.15, 0.2) is 0 Å². The molecule has 5 nitrogen and oxygen atoms in total. The molecule has 0 heterocycles. The van der Waals surface area contributed by atoms with Crippen LogP contribution in [0.3, 0.4) is 0 Å². The summed E-state index contributed by atoms with van der Waals surface area (Å²) in [6.45, 7) is 2.12. The third-order valence-corrected chi connectivity index (χ3v) is 4.13. The van der Waals surface area contributed by atoms with E-state index in [9.17, 15) is 9.00 Å². The van der Waals surface area contributed by atoms with Crippen molar-refractivity contribution in [3.63, 3.8) is 0 Å². The molecular formula is C11H21N3O2S. The summed E-state index contributed by atoms with van der Waals surface area (Å²) in [5.41, 5.74) is 5.60. The van der Waals surface area contributed by atoms with Crippen molar-refractivity contribution in [1.29, 1.82) is 4.78 Å². The highest BCUT2D eigenvalue weighted by Crippen LogP contribution is 2.02. The maximum absolute atomic E-state index is 11.7. The van der Waals surface area contributed by atoms with Crippen molar-refractivity contribution in [3.05, 3.63) is 0 Å². The average molecular weight is 259 g/mol. The molecular weight excluding hydrogens is 238 g/mol. The molecule has 17 heavy (non-hydrogen) atoms. The number of hydrogen-bond donors (Lipinski definition) is 3. The molecule has 4 N–H and O–H groups in total. The summed E-state index contributed by atoms with van der Waals surface area (Å²) in [4.78, 5) is 11.3. The summed E-state index contributed by atoms with van der Waals surface area (Å²) < 4.78 is 19.3. The van der Waals surface area contributed by atoms with E-state index in [1.807, 2.05) is 6.92 Å². The second-order valence-corrected chi connectivity index (χ2v) is 6.33. The maximum Gasteiger partial charge on any atom is 0.237 e. The van der Waals surface area contributed by atoms with Gasteiger partial charge < -0.3 is 11.1 Å². The van der Waals surface area contributed by atoms with Crippen LogP contribution in [-0.4, -0.2) is 34.2 Å². The van der Waals surface area contributed by atoms with E-state index in [2.05, 4.69) is 11.2 Å². The maximum atomic E-state index is 11.7. The van der Waals surface area contributed by atoms with Gasteiger partial charge in [0, 0.05) is 21.2 Å². The fourth-order valence-electron chi connectivity index (χ4n) is 1.20. The van der Waals surface area contributed by atoms with E-state index in [0.717, 1.165) is 12.8 Å². The number of unbranched alkanes of at least 4 members (excludes halogenated alkanes) is 1. The first kappa shape index (κ1) is 15.9. The Morgan fingerprint density at radius 1 is 1.59 bits per heavy atom. The monoisotopic (exact) mass is 259 g/mol. The lowest BCUT2D eigenvalue weighted by Gasteiger charge is -2.12. The summed E-state index contributed by atoms with van der Waals surface area (Å²) >= 11 is 0. The molecule has 0 saturated heterocycles. The Hall–Kier alpha value is -1.06. The minimum atomic E-state index is -2.59. The topological polar surface area (TPSA) is 96.0 Å². The first-order chi connectivity index (χ1) is 7.93. The summed E-state index contributed by atoms with van der Waals surface area (Å²) in [5.74, 6) is 2.46. The van der Waals surface area contributed by atoms with Crippen molar-refractivity contribution >= 4 is 15.6 Å². The summed E-state index contributed by atoms with van der Waals surface area (Å²) in [6, 6.07) is -0.740. The SMILES string of the molecule is C#CCNC(=O)[C@@H](N)CCS(=N)(=O)CCCC. The zero-order valence-corrected chi connectivity index (χ0v) is 11.0. The Labute approximate surface area is 104 Å². The smallest absolute Gasteiger partial charge is 0.237 e. The van der Waals surface area contributed by atoms with Gasteiger partial charge in [-0.2, -0.15) is 0 Å². The fraction of sp³-hybridized carbons (Fsp3) is 0.727. The molecule has 0 radical (unpaired) electrons. The van der Waals surface area contributed by atoms with Gasteiger partial charge in [-0.3, -0.25) is 9.57 Å². The summed E-state index contributed by atoms with van der Waals surface area (Å²) in [5, 5.41) is 2.46. The summed E-state index contributed by atoms with van der Waals surface area (Å²) in [6.07, 6.45) is 6.92. The normalized spacial score (nSPS) is 15.6. The van der Waals surface area contributed by atoms with E-state index in [4.69, 9.17) is 16.9 Å². The van der Waals surface area contributed by atoms with Crippen molar-refractivity contribution in [1.82, 2.24) is 5.32 Å². The van der Waals surface area contributed by atoms with Gasteiger partial charge in [-0.1, -0.05) is 19.3 Å². The van der Waals surface area contributed by atoms with E-state index < -0.39 is 15.8 Å². The Morgan fingerprint density at radius 2 is 2.24 bits per heavy atom. The van der Waals surface area contributed by atoms with Crippen molar-refractivity contribution in [2.24, 2.45) is 5.73 Å². The van der Waals surface area contributed by atoms with Gasteiger partial charge >= 0.3 is 0 Å². The van der Waals surface area contributed by atoms with Gasteiger partial charge in [0.05, 0.1) is 12.6 Å². The second-order valence-electron chi connectivity index (χ2n) is 3.89. The minimum Gasteiger partial charge on any atom is -0.344 e. The molecule has 0 aliphatic heterocycles. The lowest BCUT2D eigenvalue weighted by molar-refractivity contribution is -0.122. The van der Waals surface area contributed by atoms with Crippen LogP contribution in [-0.2, 0) is 14.5 Å². The van der Waals surface area contributed by atoms with Crippen LogP contribution in [0.4, 0.5) is 0 Å². The average Bonchev–Trinajstić information content (AvgIpc) is 2.30. The zero-order chi connectivity index (χ0) is 13.3. The molecule has 0 spiro atoms. The van der Waals surface area contributed by atoms with Crippen molar-refractivity contribution in [2.75, 3.05) is 18.1 Å². The molecule has 0 aromatic heterocycles. The van der Waals surface area contributed by atoms with Crippen LogP contribution >= 0.6 is 0 Å². The number of terminal acetylenes is 1. The molecule has 1 amide bonds. The number of nitrogens with one attached hydrogen (secondary N) is 2. The van der Waals surface area contributed by atoms with Gasteiger partial charge in [-0.25, -0.2) is 4.21 Å². The third kappa shape index (κ3) is 7.77. The lowest BCUT2D eigenvalue weighted by Crippen LogP contribution is -2.41. The highest BCUT2D eigenvalue weighted by molar-refractivity contribution is 7.92. The van der Waals surface area contributed by atoms with Crippen LogP contribution in [0.5, 0.6) is 0 Å². The molecule has 0 fully saturated rings. The van der Waals surface area contributed by atoms with Gasteiger partial charge in [-0.15, -0.1) is 6.42 Å². The number of amides is 1. The van der Waals surface area contributed by atoms with Crippen LogP contribution in [0.1, 0.15) is 26.2 Å². The van der Waals surface area contributed by atoms with E-state index in [0.29, 0.717) is 5.75 Å². The zero-order valence-electron chi connectivity index (χ0n) is 10.2. The largest absolute Gasteiger partial charge is 0.344 e. The Morgan fingerprint density at radius 3 is 2.76 bits per heavy atom. The molecule has 6 heteroatoms. The third-order valence-electron chi connectivity index (χ3n) is 2.29. The quantitative estimate of drug-likeness (QED) is 0.547. The van der Waals surface area contributed by atoms with Crippen molar-refractivity contribution in [3.8, 4) is 12.3 Å². The van der Waals surface area contributed by atoms with E-state index in [1.54, 1.807) is 0 Å². The van der Waals surface area contributed by atoms with Gasteiger partial charge in [0.1, 0.15) is 0 Å². The second kappa shape index (κ2) is 8.09. The number of nitrogens with two attached hydrogens (primary N) is 1. The fourth-order valence-corrected chi connectivity index (χ4v) is 2.79. The molecule has 0 aliphatic rings. The Bertz CT molecular complexity index is 371. The molecule has 2 atom stereocenters. The number of carbonyl (C=O) groups is 1. The van der Waals surface area contributed by atoms with E-state index in [1.165, 1.54) is 0 Å². The van der Waals surface area contributed by atoms with Crippen LogP contribution < -0.4 is 11.1 Å². The first-order valence-corrected chi connectivity index (χ1v) is 7.53. The Kier molecular flexibility index (Phi) is 7.59. The van der Waals surface area contributed by atoms with E-state index in [-0.39, 0.29) is 24.6 Å². The van der Waals surface area contributed by atoms with Crippen molar-refractivity contribution < 1.29 is 9.00 Å². The molecule has 0 rings (SSSR count). The van der Waals surface area contributed by atoms with Gasteiger partial charge in [-0.05, 0) is 12.8 Å². The predicted octanol–water partition coefficient (Wildman–Crippen LogP) is 0.300. The minimum absolute atomic E-state index is 0.138. The van der Waals surface area contributed by atoms with Crippen LogP contribution in [0, 0.1) is 17.1 Å². The number of hydrogen-bond acceptors (Lipinski definition) is 4. The van der Waals surface area contributed by atoms with E-state index >= 15 is 0 Å². The molecule has 0 aromatic rings. The molecule has 0 saturated carbocycles. The molecule has 0 bridgehead atoms. The standard InChI is InChI=1S/C11H21N3O2S/c1-3-5-8-17(13,16)9-6-10(12)11(15)14-7-4-2/h2,10,13H,3,5-9,12H2,1H3,(H,14,15)/t10-,17?/m0/s1. The summed E-state index contributed by atoms with van der Waals surface area (Å²) in [7, 11) is -2.59. The highest BCUT2D eigenvalue weighted by atomic mass is 32.2. The van der Waals surface area contributed by atoms with Crippen molar-refractivity contribution in [2.45, 2.75) is 32.2 Å². The van der Waals surface area contributed by atoms with Gasteiger partial charge in [0.2, 0.25) is 5.91 Å². The highest BCUT2D eigenvalue weighted by Gasteiger charge is 2.15. The molecule has 98 valence electrons.